The van der Waals surface area contributed by atoms with Crippen molar-refractivity contribution in [3.05, 3.63) is 29.8 Å². The Morgan fingerprint density at radius 3 is 2.00 bits per heavy atom. The lowest BCUT2D eigenvalue weighted by atomic mass is 10.2. The average Bonchev–Trinajstić information content (AvgIpc) is 2.29. The molecule has 0 saturated carbocycles. The molecule has 0 radical (unpaired) electrons. The van der Waals surface area contributed by atoms with Crippen LogP contribution in [0.1, 0.15) is 10.4 Å². The molecular formula is C10H15NO5. The molecule has 6 N–H and O–H groups in total. The summed E-state index contributed by atoms with van der Waals surface area (Å²) in [7, 11) is 0. The van der Waals surface area contributed by atoms with E-state index >= 15 is 0 Å². The molecule has 16 heavy (non-hydrogen) atoms. The molecule has 0 aliphatic rings. The molecule has 0 fully saturated rings. The molecule has 6 nitrogen and oxygen atoms in total. The van der Waals surface area contributed by atoms with E-state index in [4.69, 9.17) is 26.2 Å². The van der Waals surface area contributed by atoms with Crippen LogP contribution in [-0.2, 0) is 0 Å². The second-order valence-electron chi connectivity index (χ2n) is 2.91. The van der Waals surface area contributed by atoms with Crippen LogP contribution < -0.4 is 5.73 Å². The normalized spacial score (nSPS) is 9.50. The molecule has 0 aromatic heterocycles. The first-order chi connectivity index (χ1) is 7.52. The highest BCUT2D eigenvalue weighted by atomic mass is 16.4. The van der Waals surface area contributed by atoms with Gasteiger partial charge in [-0.1, -0.05) is 12.1 Å². The van der Waals surface area contributed by atoms with Crippen molar-refractivity contribution in [2.45, 2.75) is 6.10 Å². The van der Waals surface area contributed by atoms with Gasteiger partial charge in [0.2, 0.25) is 0 Å². The number of para-hydroxylation sites is 1. The van der Waals surface area contributed by atoms with E-state index in [1.54, 1.807) is 18.2 Å². The minimum atomic E-state index is -0.988. The number of benzene rings is 1. The lowest BCUT2D eigenvalue weighted by Gasteiger charge is -1.96. The first kappa shape index (κ1) is 14.4. The maximum atomic E-state index is 10.3. The van der Waals surface area contributed by atoms with Gasteiger partial charge in [-0.3, -0.25) is 0 Å². The standard InChI is InChI=1S/C7H7NO2.C3H8O3/c8-6-4-2-1-3-5(6)7(9)10;4-1-3(6)2-5/h1-4H,8H2,(H,9,10);3-6H,1-2H2. The van der Waals surface area contributed by atoms with Gasteiger partial charge in [0.05, 0.1) is 18.8 Å². The minimum Gasteiger partial charge on any atom is -0.478 e. The number of nitrogens with two attached hydrogens (primary N) is 1. The van der Waals surface area contributed by atoms with Crippen molar-refractivity contribution < 1.29 is 25.2 Å². The topological polar surface area (TPSA) is 124 Å². The Kier molecular flexibility index (Phi) is 6.86. The molecule has 0 amide bonds. The van der Waals surface area contributed by atoms with Crippen LogP contribution in [0.3, 0.4) is 0 Å². The van der Waals surface area contributed by atoms with Crippen LogP contribution in [0.2, 0.25) is 0 Å². The zero-order valence-electron chi connectivity index (χ0n) is 8.58. The van der Waals surface area contributed by atoms with Crippen molar-refractivity contribution in [2.75, 3.05) is 18.9 Å². The van der Waals surface area contributed by atoms with Crippen molar-refractivity contribution in [1.29, 1.82) is 0 Å². The van der Waals surface area contributed by atoms with Gasteiger partial charge < -0.3 is 26.2 Å². The monoisotopic (exact) mass is 229 g/mol. The molecular weight excluding hydrogens is 214 g/mol. The Hall–Kier alpha value is -1.63. The number of aromatic carboxylic acids is 1. The first-order valence-electron chi connectivity index (χ1n) is 4.50. The van der Waals surface area contributed by atoms with E-state index in [1.807, 2.05) is 0 Å². The number of hydrogen-bond donors (Lipinski definition) is 5. The quantitative estimate of drug-likeness (QED) is 0.436. The van der Waals surface area contributed by atoms with E-state index in [9.17, 15) is 4.79 Å². The molecule has 0 atom stereocenters. The highest BCUT2D eigenvalue weighted by Crippen LogP contribution is 2.08. The first-order valence-corrected chi connectivity index (χ1v) is 4.50. The van der Waals surface area contributed by atoms with Crippen LogP contribution in [0.15, 0.2) is 24.3 Å². The summed E-state index contributed by atoms with van der Waals surface area (Å²) >= 11 is 0. The van der Waals surface area contributed by atoms with E-state index in [1.165, 1.54) is 6.07 Å². The van der Waals surface area contributed by atoms with Gasteiger partial charge >= 0.3 is 5.97 Å². The number of carbonyl (C=O) groups is 1. The van der Waals surface area contributed by atoms with Crippen LogP contribution in [0.25, 0.3) is 0 Å². The Bertz CT molecular complexity index is 325. The fourth-order valence-electron chi connectivity index (χ4n) is 0.750. The zero-order chi connectivity index (χ0) is 12.6. The minimum absolute atomic E-state index is 0.155. The fraction of sp³-hybridized carbons (Fsp3) is 0.300. The molecule has 0 unspecified atom stereocenters. The summed E-state index contributed by atoms with van der Waals surface area (Å²) in [6.07, 6.45) is -0.954. The van der Waals surface area contributed by atoms with Crippen LogP contribution >= 0.6 is 0 Å². The summed E-state index contributed by atoms with van der Waals surface area (Å²) in [5, 5.41) is 32.5. The van der Waals surface area contributed by atoms with Crippen LogP contribution in [0.5, 0.6) is 0 Å². The molecule has 6 heteroatoms. The smallest absolute Gasteiger partial charge is 0.337 e. The number of hydrogen-bond acceptors (Lipinski definition) is 5. The molecule has 1 aromatic rings. The largest absolute Gasteiger partial charge is 0.478 e. The second kappa shape index (κ2) is 7.63. The maximum Gasteiger partial charge on any atom is 0.337 e. The number of carboxylic acid groups (broad SMARTS) is 1. The number of aliphatic hydroxyl groups is 3. The summed E-state index contributed by atoms with van der Waals surface area (Å²) in [5.41, 5.74) is 5.80. The number of nitrogen functional groups attached to an aromatic ring is 1. The highest BCUT2D eigenvalue weighted by Gasteiger charge is 2.03. The van der Waals surface area contributed by atoms with Gasteiger partial charge in [-0.25, -0.2) is 4.79 Å². The summed E-state index contributed by atoms with van der Waals surface area (Å²) in [5.74, 6) is -0.988. The van der Waals surface area contributed by atoms with Gasteiger partial charge in [0, 0.05) is 5.69 Å². The van der Waals surface area contributed by atoms with Crippen molar-refractivity contribution in [1.82, 2.24) is 0 Å². The Morgan fingerprint density at radius 2 is 1.75 bits per heavy atom. The van der Waals surface area contributed by atoms with Gasteiger partial charge in [-0.15, -0.1) is 0 Å². The number of carboxylic acids is 1. The van der Waals surface area contributed by atoms with Gasteiger partial charge in [0.15, 0.2) is 0 Å². The summed E-state index contributed by atoms with van der Waals surface area (Å²) < 4.78 is 0. The van der Waals surface area contributed by atoms with Gasteiger partial charge in [0.1, 0.15) is 6.10 Å². The molecule has 90 valence electrons. The van der Waals surface area contributed by atoms with E-state index in [0.29, 0.717) is 5.69 Å². The van der Waals surface area contributed by atoms with E-state index in [2.05, 4.69) is 0 Å². The Labute approximate surface area is 92.6 Å². The lowest BCUT2D eigenvalue weighted by Crippen LogP contribution is -2.15. The predicted molar refractivity (Wildman–Crippen MR) is 58.0 cm³/mol. The fourth-order valence-corrected chi connectivity index (χ4v) is 0.750. The van der Waals surface area contributed by atoms with E-state index in [0.717, 1.165) is 0 Å². The Balaban J connectivity index is 0.000000325. The Morgan fingerprint density at radius 1 is 1.25 bits per heavy atom. The van der Waals surface area contributed by atoms with Crippen molar-refractivity contribution in [3.63, 3.8) is 0 Å². The average molecular weight is 229 g/mol. The molecule has 1 aromatic carbocycles. The molecule has 0 bridgehead atoms. The van der Waals surface area contributed by atoms with Crippen molar-refractivity contribution in [2.24, 2.45) is 0 Å². The maximum absolute atomic E-state index is 10.3. The second-order valence-corrected chi connectivity index (χ2v) is 2.91. The third kappa shape index (κ3) is 5.30. The predicted octanol–water partition coefficient (Wildman–Crippen LogP) is -0.701. The molecule has 0 aliphatic carbocycles. The molecule has 0 saturated heterocycles. The van der Waals surface area contributed by atoms with Gasteiger partial charge in [0.25, 0.3) is 0 Å². The van der Waals surface area contributed by atoms with Crippen LogP contribution in [0.4, 0.5) is 5.69 Å². The van der Waals surface area contributed by atoms with E-state index in [-0.39, 0.29) is 18.8 Å². The number of anilines is 1. The van der Waals surface area contributed by atoms with Gasteiger partial charge in [-0.05, 0) is 12.1 Å². The molecule has 0 aliphatic heterocycles. The molecule has 0 spiro atoms. The van der Waals surface area contributed by atoms with Crippen LogP contribution in [0, 0.1) is 0 Å². The summed E-state index contributed by atoms with van der Waals surface area (Å²) in [4.78, 5) is 10.3. The van der Waals surface area contributed by atoms with Crippen LogP contribution in [-0.4, -0.2) is 45.7 Å². The third-order valence-corrected chi connectivity index (χ3v) is 1.61. The summed E-state index contributed by atoms with van der Waals surface area (Å²) in [6.45, 7) is -0.729. The third-order valence-electron chi connectivity index (χ3n) is 1.61. The lowest BCUT2D eigenvalue weighted by molar-refractivity contribution is 0.0450. The number of aliphatic hydroxyl groups excluding tert-OH is 3. The highest BCUT2D eigenvalue weighted by molar-refractivity contribution is 5.93. The van der Waals surface area contributed by atoms with Crippen molar-refractivity contribution >= 4 is 11.7 Å². The SMILES string of the molecule is Nc1ccccc1C(=O)O.OCC(O)CO. The van der Waals surface area contributed by atoms with E-state index < -0.39 is 12.1 Å². The molecule has 1 rings (SSSR count). The number of rotatable bonds is 3. The van der Waals surface area contributed by atoms with Gasteiger partial charge in [-0.2, -0.15) is 0 Å². The summed E-state index contributed by atoms with van der Waals surface area (Å²) in [6, 6.07) is 6.36. The van der Waals surface area contributed by atoms with Crippen molar-refractivity contribution in [3.8, 4) is 0 Å². The molecule has 0 heterocycles. The zero-order valence-corrected chi connectivity index (χ0v) is 8.58.